The minimum atomic E-state index is -3.83. The molecule has 2 aromatic heterocycles. The lowest BCUT2D eigenvalue weighted by Gasteiger charge is -2.22. The van der Waals surface area contributed by atoms with E-state index >= 15 is 0 Å². The number of hydrogen-bond acceptors (Lipinski definition) is 4. The van der Waals surface area contributed by atoms with E-state index in [1.807, 2.05) is 32.0 Å². The highest BCUT2D eigenvalue weighted by atomic mass is 32.2. The van der Waals surface area contributed by atoms with Gasteiger partial charge in [0.05, 0.1) is 4.90 Å². The molecule has 1 N–H and O–H groups in total. The van der Waals surface area contributed by atoms with E-state index in [9.17, 15) is 13.2 Å². The zero-order valence-corrected chi connectivity index (χ0v) is 18.2. The molecule has 31 heavy (non-hydrogen) atoms. The van der Waals surface area contributed by atoms with Gasteiger partial charge >= 0.3 is 0 Å². The van der Waals surface area contributed by atoms with E-state index in [2.05, 4.69) is 9.97 Å². The van der Waals surface area contributed by atoms with Crippen molar-refractivity contribution in [2.24, 2.45) is 0 Å². The molecule has 2 aromatic carbocycles. The highest BCUT2D eigenvalue weighted by Gasteiger charge is 2.26. The fraction of sp³-hybridized carbons (Fsp3) is 0.167. The molecule has 0 bridgehead atoms. The van der Waals surface area contributed by atoms with Crippen molar-refractivity contribution in [1.82, 2.24) is 14.3 Å². The molecule has 0 radical (unpaired) electrons. The largest absolute Gasteiger partial charge is 0.322 e. The highest BCUT2D eigenvalue weighted by Crippen LogP contribution is 2.22. The SMILES string of the molecule is Cc1cc2cc(CN(Cc3cccnc3)S(=O)(=O)c3ccccc3)c(=O)[nH]c2cc1C. The summed E-state index contributed by atoms with van der Waals surface area (Å²) in [6.45, 7) is 4.05. The third-order valence-corrected chi connectivity index (χ3v) is 7.15. The molecule has 2 heterocycles. The van der Waals surface area contributed by atoms with Crippen LogP contribution in [0.3, 0.4) is 0 Å². The van der Waals surface area contributed by atoms with E-state index in [0.717, 1.165) is 27.6 Å². The molecule has 0 amide bonds. The predicted molar refractivity (Wildman–Crippen MR) is 121 cm³/mol. The van der Waals surface area contributed by atoms with Gasteiger partial charge in [-0.1, -0.05) is 24.3 Å². The second-order valence-corrected chi connectivity index (χ2v) is 9.53. The average Bonchev–Trinajstić information content (AvgIpc) is 2.76. The Morgan fingerprint density at radius 2 is 1.68 bits per heavy atom. The van der Waals surface area contributed by atoms with Crippen molar-refractivity contribution in [3.63, 3.8) is 0 Å². The quantitative estimate of drug-likeness (QED) is 0.499. The molecular weight excluding hydrogens is 410 g/mol. The smallest absolute Gasteiger partial charge is 0.252 e. The molecular formula is C24H23N3O3S. The molecule has 7 heteroatoms. The van der Waals surface area contributed by atoms with Gasteiger partial charge in [0, 0.05) is 36.6 Å². The number of rotatable bonds is 6. The van der Waals surface area contributed by atoms with E-state index in [1.54, 1.807) is 54.9 Å². The van der Waals surface area contributed by atoms with Gasteiger partial charge in [-0.3, -0.25) is 9.78 Å². The maximum absolute atomic E-state index is 13.4. The lowest BCUT2D eigenvalue weighted by Crippen LogP contribution is -2.32. The summed E-state index contributed by atoms with van der Waals surface area (Å²) in [5.74, 6) is 0. The molecule has 0 spiro atoms. The molecule has 0 fully saturated rings. The minimum absolute atomic E-state index is 0.0513. The Bertz CT molecular complexity index is 1380. The maximum atomic E-state index is 13.4. The fourth-order valence-corrected chi connectivity index (χ4v) is 4.92. The summed E-state index contributed by atoms with van der Waals surface area (Å²) in [4.78, 5) is 20.0. The molecule has 0 saturated carbocycles. The minimum Gasteiger partial charge on any atom is -0.322 e. The molecule has 0 aliphatic carbocycles. The van der Waals surface area contributed by atoms with Crippen LogP contribution in [0.15, 0.2) is 82.7 Å². The highest BCUT2D eigenvalue weighted by molar-refractivity contribution is 7.89. The molecule has 6 nitrogen and oxygen atoms in total. The molecule has 4 aromatic rings. The number of benzene rings is 2. The van der Waals surface area contributed by atoms with Crippen LogP contribution in [0, 0.1) is 13.8 Å². The summed E-state index contributed by atoms with van der Waals surface area (Å²) in [5.41, 5.74) is 3.76. The standard InChI is InChI=1S/C24H23N3O3S/c1-17-11-20-13-21(24(28)26-23(20)12-18(17)2)16-27(15-19-7-6-10-25-14-19)31(29,30)22-8-4-3-5-9-22/h3-14H,15-16H2,1-2H3,(H,26,28). The first-order valence-electron chi connectivity index (χ1n) is 9.92. The fourth-order valence-electron chi connectivity index (χ4n) is 3.49. The van der Waals surface area contributed by atoms with Gasteiger partial charge in [0.15, 0.2) is 0 Å². The van der Waals surface area contributed by atoms with Gasteiger partial charge in [-0.05, 0) is 72.3 Å². The van der Waals surface area contributed by atoms with Gasteiger partial charge in [-0.15, -0.1) is 0 Å². The van der Waals surface area contributed by atoms with E-state index in [1.165, 1.54) is 4.31 Å². The van der Waals surface area contributed by atoms with Crippen molar-refractivity contribution in [3.8, 4) is 0 Å². The Kier molecular flexibility index (Phi) is 5.71. The molecule has 0 aliphatic rings. The van der Waals surface area contributed by atoms with Crippen LogP contribution in [-0.4, -0.2) is 22.7 Å². The van der Waals surface area contributed by atoms with Crippen LogP contribution in [0.4, 0.5) is 0 Å². The summed E-state index contributed by atoms with van der Waals surface area (Å²) in [7, 11) is -3.83. The van der Waals surface area contributed by atoms with E-state index < -0.39 is 10.0 Å². The van der Waals surface area contributed by atoms with E-state index in [4.69, 9.17) is 0 Å². The topological polar surface area (TPSA) is 83.1 Å². The number of aryl methyl sites for hydroxylation is 2. The molecule has 0 saturated heterocycles. The van der Waals surface area contributed by atoms with Crippen LogP contribution in [0.2, 0.25) is 0 Å². The summed E-state index contributed by atoms with van der Waals surface area (Å²) >= 11 is 0. The van der Waals surface area contributed by atoms with Crippen molar-refractivity contribution in [1.29, 1.82) is 0 Å². The number of sulfonamides is 1. The number of pyridine rings is 2. The zero-order valence-electron chi connectivity index (χ0n) is 17.4. The summed E-state index contributed by atoms with van der Waals surface area (Å²) < 4.78 is 28.1. The molecule has 0 aliphatic heterocycles. The number of fused-ring (bicyclic) bond motifs is 1. The number of H-pyrrole nitrogens is 1. The Morgan fingerprint density at radius 1 is 0.935 bits per heavy atom. The van der Waals surface area contributed by atoms with Crippen LogP contribution in [0.25, 0.3) is 10.9 Å². The van der Waals surface area contributed by atoms with Gasteiger partial charge in [-0.25, -0.2) is 8.42 Å². The molecule has 0 unspecified atom stereocenters. The van der Waals surface area contributed by atoms with Gasteiger partial charge in [-0.2, -0.15) is 4.31 Å². The Labute approximate surface area is 181 Å². The summed E-state index contributed by atoms with van der Waals surface area (Å²) in [6, 6.07) is 17.5. The van der Waals surface area contributed by atoms with Crippen LogP contribution >= 0.6 is 0 Å². The Balaban J connectivity index is 1.78. The monoisotopic (exact) mass is 433 g/mol. The van der Waals surface area contributed by atoms with Crippen LogP contribution in [0.5, 0.6) is 0 Å². The number of aromatic nitrogens is 2. The van der Waals surface area contributed by atoms with Gasteiger partial charge in [0.1, 0.15) is 0 Å². The van der Waals surface area contributed by atoms with Crippen molar-refractivity contribution in [2.45, 2.75) is 31.8 Å². The van der Waals surface area contributed by atoms with Crippen LogP contribution in [0.1, 0.15) is 22.3 Å². The normalized spacial score (nSPS) is 11.8. The van der Waals surface area contributed by atoms with E-state index in [-0.39, 0.29) is 23.5 Å². The first-order chi connectivity index (χ1) is 14.8. The van der Waals surface area contributed by atoms with Crippen LogP contribution in [-0.2, 0) is 23.1 Å². The Hall–Kier alpha value is -3.29. The van der Waals surface area contributed by atoms with Gasteiger partial charge < -0.3 is 4.98 Å². The van der Waals surface area contributed by atoms with Crippen LogP contribution < -0.4 is 5.56 Å². The second-order valence-electron chi connectivity index (χ2n) is 7.59. The summed E-state index contributed by atoms with van der Waals surface area (Å²) in [5, 5.41) is 0.871. The van der Waals surface area contributed by atoms with Crippen molar-refractivity contribution < 1.29 is 8.42 Å². The zero-order chi connectivity index (χ0) is 22.0. The number of aromatic amines is 1. The summed E-state index contributed by atoms with van der Waals surface area (Å²) in [6.07, 6.45) is 3.27. The van der Waals surface area contributed by atoms with Crippen molar-refractivity contribution in [2.75, 3.05) is 0 Å². The van der Waals surface area contributed by atoms with Crippen molar-refractivity contribution >= 4 is 20.9 Å². The third-order valence-electron chi connectivity index (χ3n) is 5.34. The molecule has 0 atom stereocenters. The molecule has 158 valence electrons. The first-order valence-corrected chi connectivity index (χ1v) is 11.4. The predicted octanol–water partition coefficient (Wildman–Crippen LogP) is 3.93. The maximum Gasteiger partial charge on any atom is 0.252 e. The van der Waals surface area contributed by atoms with Crippen molar-refractivity contribution in [3.05, 3.63) is 106 Å². The van der Waals surface area contributed by atoms with E-state index in [0.29, 0.717) is 5.56 Å². The lowest BCUT2D eigenvalue weighted by molar-refractivity contribution is 0.399. The number of nitrogens with one attached hydrogen (secondary N) is 1. The lowest BCUT2D eigenvalue weighted by atomic mass is 10.0. The van der Waals surface area contributed by atoms with Gasteiger partial charge in [0.25, 0.3) is 5.56 Å². The Morgan fingerprint density at radius 3 is 2.39 bits per heavy atom. The number of hydrogen-bond donors (Lipinski definition) is 1. The average molecular weight is 434 g/mol. The third kappa shape index (κ3) is 4.42. The second kappa shape index (κ2) is 8.45. The first kappa shape index (κ1) is 21.0. The van der Waals surface area contributed by atoms with Gasteiger partial charge in [0.2, 0.25) is 10.0 Å². The molecule has 4 rings (SSSR count). The number of nitrogens with zero attached hydrogens (tertiary/aromatic N) is 2.